The summed E-state index contributed by atoms with van der Waals surface area (Å²) >= 11 is 0. The van der Waals surface area contributed by atoms with Crippen LogP contribution in [-0.2, 0) is 12.8 Å². The Labute approximate surface area is 90.5 Å². The Morgan fingerprint density at radius 2 is 2.13 bits per heavy atom. The minimum Gasteiger partial charge on any atom is -0.358 e. The molecule has 1 N–H and O–H groups in total. The summed E-state index contributed by atoms with van der Waals surface area (Å²) in [5.41, 5.74) is 4.38. The standard InChI is InChI=1S/C14H17N/c1-10-5-4-8-14-12(9-10)11-6-2-3-7-13(11)15-14/h2-3,6-7,10,15H,4-5,8-9H2,1H3. The number of aromatic nitrogens is 1. The predicted octanol–water partition coefficient (Wildman–Crippen LogP) is 3.68. The lowest BCUT2D eigenvalue weighted by Crippen LogP contribution is -1.96. The molecule has 78 valence electrons. The second-order valence-corrected chi connectivity index (χ2v) is 4.83. The van der Waals surface area contributed by atoms with Gasteiger partial charge in [0.25, 0.3) is 0 Å². The van der Waals surface area contributed by atoms with Crippen molar-refractivity contribution >= 4 is 10.9 Å². The number of H-pyrrole nitrogens is 1. The largest absolute Gasteiger partial charge is 0.358 e. The smallest absolute Gasteiger partial charge is 0.0458 e. The molecule has 15 heavy (non-hydrogen) atoms. The van der Waals surface area contributed by atoms with Crippen LogP contribution in [0.5, 0.6) is 0 Å². The summed E-state index contributed by atoms with van der Waals surface area (Å²) in [7, 11) is 0. The highest BCUT2D eigenvalue weighted by Crippen LogP contribution is 2.30. The molecule has 3 rings (SSSR count). The zero-order valence-electron chi connectivity index (χ0n) is 9.22. The zero-order chi connectivity index (χ0) is 10.3. The van der Waals surface area contributed by atoms with Crippen LogP contribution >= 0.6 is 0 Å². The van der Waals surface area contributed by atoms with Gasteiger partial charge in [0, 0.05) is 16.6 Å². The van der Waals surface area contributed by atoms with E-state index in [-0.39, 0.29) is 0 Å². The highest BCUT2D eigenvalue weighted by molar-refractivity contribution is 5.84. The highest BCUT2D eigenvalue weighted by atomic mass is 14.7. The van der Waals surface area contributed by atoms with E-state index < -0.39 is 0 Å². The van der Waals surface area contributed by atoms with Crippen LogP contribution in [0.15, 0.2) is 24.3 Å². The summed E-state index contributed by atoms with van der Waals surface area (Å²) in [4.78, 5) is 3.58. The van der Waals surface area contributed by atoms with Crippen LogP contribution in [0.1, 0.15) is 31.0 Å². The second kappa shape index (κ2) is 3.41. The van der Waals surface area contributed by atoms with Crippen LogP contribution in [0.25, 0.3) is 10.9 Å². The summed E-state index contributed by atoms with van der Waals surface area (Å²) < 4.78 is 0. The number of aromatic amines is 1. The van der Waals surface area contributed by atoms with Gasteiger partial charge in [0.15, 0.2) is 0 Å². The second-order valence-electron chi connectivity index (χ2n) is 4.83. The number of hydrogen-bond donors (Lipinski definition) is 1. The molecule has 1 aromatic heterocycles. The van der Waals surface area contributed by atoms with E-state index in [1.54, 1.807) is 5.56 Å². The van der Waals surface area contributed by atoms with Gasteiger partial charge in [0.1, 0.15) is 0 Å². The average Bonchev–Trinajstić information content (AvgIpc) is 2.47. The first kappa shape index (κ1) is 9.02. The van der Waals surface area contributed by atoms with Crippen LogP contribution in [0.3, 0.4) is 0 Å². The van der Waals surface area contributed by atoms with Crippen molar-refractivity contribution in [2.24, 2.45) is 5.92 Å². The molecule has 1 heterocycles. The lowest BCUT2D eigenvalue weighted by molar-refractivity contribution is 0.527. The third-order valence-electron chi connectivity index (χ3n) is 3.58. The molecular formula is C14H17N. The molecule has 0 bridgehead atoms. The monoisotopic (exact) mass is 199 g/mol. The lowest BCUT2D eigenvalue weighted by atomic mass is 9.99. The molecule has 1 atom stereocenters. The topological polar surface area (TPSA) is 15.8 Å². The predicted molar refractivity (Wildman–Crippen MR) is 64.1 cm³/mol. The third-order valence-corrected chi connectivity index (χ3v) is 3.58. The van der Waals surface area contributed by atoms with Gasteiger partial charge in [-0.3, -0.25) is 0 Å². The van der Waals surface area contributed by atoms with E-state index in [4.69, 9.17) is 0 Å². The van der Waals surface area contributed by atoms with Gasteiger partial charge in [-0.05, 0) is 36.8 Å². The Balaban J connectivity index is 2.20. The zero-order valence-corrected chi connectivity index (χ0v) is 9.22. The van der Waals surface area contributed by atoms with Crippen LogP contribution in [0.2, 0.25) is 0 Å². The van der Waals surface area contributed by atoms with Gasteiger partial charge in [-0.25, -0.2) is 0 Å². The normalized spacial score (nSPS) is 21.3. The van der Waals surface area contributed by atoms with Crippen LogP contribution < -0.4 is 0 Å². The van der Waals surface area contributed by atoms with E-state index in [1.807, 2.05) is 0 Å². The third kappa shape index (κ3) is 1.46. The number of benzene rings is 1. The van der Waals surface area contributed by atoms with Gasteiger partial charge in [-0.2, -0.15) is 0 Å². The maximum atomic E-state index is 3.58. The SMILES string of the molecule is CC1CCCc2[nH]c3ccccc3c2C1. The van der Waals surface area contributed by atoms with Crippen molar-refractivity contribution in [2.75, 3.05) is 0 Å². The van der Waals surface area contributed by atoms with E-state index in [9.17, 15) is 0 Å². The highest BCUT2D eigenvalue weighted by Gasteiger charge is 2.17. The summed E-state index contributed by atoms with van der Waals surface area (Å²) in [6, 6.07) is 8.70. The molecule has 1 unspecified atom stereocenters. The Hall–Kier alpha value is -1.24. The fourth-order valence-corrected chi connectivity index (χ4v) is 2.78. The van der Waals surface area contributed by atoms with Gasteiger partial charge < -0.3 is 4.98 Å². The van der Waals surface area contributed by atoms with Crippen LogP contribution in [0.4, 0.5) is 0 Å². The number of fused-ring (bicyclic) bond motifs is 3. The van der Waals surface area contributed by atoms with Gasteiger partial charge in [0.05, 0.1) is 0 Å². The number of aryl methyl sites for hydroxylation is 1. The number of rotatable bonds is 0. The maximum absolute atomic E-state index is 3.58. The molecule has 0 fully saturated rings. The molecule has 1 aliphatic rings. The minimum absolute atomic E-state index is 0.838. The van der Waals surface area contributed by atoms with E-state index >= 15 is 0 Å². The van der Waals surface area contributed by atoms with Gasteiger partial charge in [-0.15, -0.1) is 0 Å². The molecule has 1 heteroatoms. The van der Waals surface area contributed by atoms with Crippen molar-refractivity contribution < 1.29 is 0 Å². The van der Waals surface area contributed by atoms with Crippen molar-refractivity contribution in [3.05, 3.63) is 35.5 Å². The van der Waals surface area contributed by atoms with Crippen molar-refractivity contribution in [3.8, 4) is 0 Å². The molecule has 1 aromatic carbocycles. The fraction of sp³-hybridized carbons (Fsp3) is 0.429. The van der Waals surface area contributed by atoms with E-state index in [1.165, 1.54) is 42.3 Å². The summed E-state index contributed by atoms with van der Waals surface area (Å²) in [6.45, 7) is 2.37. The molecule has 2 aromatic rings. The van der Waals surface area contributed by atoms with Gasteiger partial charge >= 0.3 is 0 Å². The van der Waals surface area contributed by atoms with Crippen molar-refractivity contribution in [2.45, 2.75) is 32.6 Å². The summed E-state index contributed by atoms with van der Waals surface area (Å²) in [5.74, 6) is 0.838. The van der Waals surface area contributed by atoms with Crippen LogP contribution in [0, 0.1) is 5.92 Å². The summed E-state index contributed by atoms with van der Waals surface area (Å²) in [6.07, 6.45) is 5.19. The van der Waals surface area contributed by atoms with E-state index in [2.05, 4.69) is 36.2 Å². The molecule has 1 aliphatic carbocycles. The van der Waals surface area contributed by atoms with E-state index in [0.29, 0.717) is 0 Å². The molecule has 1 nitrogen and oxygen atoms in total. The molecule has 0 radical (unpaired) electrons. The first-order chi connectivity index (χ1) is 7.34. The van der Waals surface area contributed by atoms with Crippen LogP contribution in [-0.4, -0.2) is 4.98 Å². The molecule has 0 aliphatic heterocycles. The number of para-hydroxylation sites is 1. The van der Waals surface area contributed by atoms with Gasteiger partial charge in [0.2, 0.25) is 0 Å². The minimum atomic E-state index is 0.838. The number of hydrogen-bond acceptors (Lipinski definition) is 0. The molecule has 0 saturated carbocycles. The first-order valence-electron chi connectivity index (χ1n) is 5.93. The average molecular weight is 199 g/mol. The molecule has 0 saturated heterocycles. The van der Waals surface area contributed by atoms with Crippen molar-refractivity contribution in [3.63, 3.8) is 0 Å². The van der Waals surface area contributed by atoms with E-state index in [0.717, 1.165) is 5.92 Å². The fourth-order valence-electron chi connectivity index (χ4n) is 2.78. The molecule has 0 amide bonds. The molecular weight excluding hydrogens is 182 g/mol. The maximum Gasteiger partial charge on any atom is 0.0458 e. The van der Waals surface area contributed by atoms with Crippen molar-refractivity contribution in [1.29, 1.82) is 0 Å². The Kier molecular flexibility index (Phi) is 2.05. The first-order valence-corrected chi connectivity index (χ1v) is 5.93. The summed E-state index contributed by atoms with van der Waals surface area (Å²) in [5, 5.41) is 1.45. The van der Waals surface area contributed by atoms with Gasteiger partial charge in [-0.1, -0.05) is 31.5 Å². The quantitative estimate of drug-likeness (QED) is 0.623. The lowest BCUT2D eigenvalue weighted by Gasteiger charge is -2.06. The Morgan fingerprint density at radius 1 is 1.27 bits per heavy atom. The Bertz CT molecular complexity index is 481. The molecule has 0 spiro atoms. The Morgan fingerprint density at radius 3 is 3.07 bits per heavy atom. The van der Waals surface area contributed by atoms with Crippen molar-refractivity contribution in [1.82, 2.24) is 4.98 Å². The number of nitrogens with one attached hydrogen (secondary N) is 1.